The summed E-state index contributed by atoms with van der Waals surface area (Å²) in [6, 6.07) is -1.01. The molecule has 0 aliphatic heterocycles. The first-order valence-electron chi connectivity index (χ1n) is 34.0. The van der Waals surface area contributed by atoms with Crippen LogP contribution >= 0.6 is 0 Å². The van der Waals surface area contributed by atoms with Gasteiger partial charge < -0.3 is 25.7 Å². The maximum atomic E-state index is 12.6. The molecule has 0 aromatic heterocycles. The number of amides is 1. The Labute approximate surface area is 474 Å². The Morgan fingerprint density at radius 2 is 0.592 bits per heavy atom. The molecule has 0 saturated carbocycles. The summed E-state index contributed by atoms with van der Waals surface area (Å²) in [5.74, 6) is -0.594. The summed E-state index contributed by atoms with van der Waals surface area (Å²) in [7, 11) is 0. The topological polar surface area (TPSA) is 110 Å². The number of rotatable bonds is 63. The summed E-state index contributed by atoms with van der Waals surface area (Å²) in [5.41, 5.74) is 0. The van der Waals surface area contributed by atoms with E-state index in [0.29, 0.717) is 19.3 Å². The van der Waals surface area contributed by atoms with Gasteiger partial charge in [0.25, 0.3) is 0 Å². The third-order valence-corrected chi connectivity index (χ3v) is 16.0. The SMILES string of the molecule is CCCCCCCCCCC/C=C\C/C=C\CCCCCCCCCCCCCCCCC(O)C(=O)NC(CO)C(O)C(O)CCC/C=C/CC/C=C/CCCCCCCCCCCCCCCCCCCCCCC. The third-order valence-electron chi connectivity index (χ3n) is 16.0. The molecule has 0 bridgehead atoms. The number of hydrogen-bond donors (Lipinski definition) is 5. The molecule has 5 N–H and O–H groups in total. The zero-order valence-corrected chi connectivity index (χ0v) is 51.0. The summed E-state index contributed by atoms with van der Waals surface area (Å²) >= 11 is 0. The fraction of sp³-hybridized carbons (Fsp3) is 0.871. The van der Waals surface area contributed by atoms with E-state index in [1.54, 1.807) is 0 Å². The van der Waals surface area contributed by atoms with Gasteiger partial charge in [0.1, 0.15) is 12.2 Å². The highest BCUT2D eigenvalue weighted by atomic mass is 16.3. The average molecular weight is 1070 g/mol. The summed E-state index contributed by atoms with van der Waals surface area (Å²) in [6.45, 7) is 4.08. The maximum absolute atomic E-state index is 12.6. The molecular formula is C70H133NO5. The number of carbonyl (C=O) groups excluding carboxylic acids is 1. The van der Waals surface area contributed by atoms with Crippen LogP contribution in [0.5, 0.6) is 0 Å². The van der Waals surface area contributed by atoms with E-state index in [4.69, 9.17) is 0 Å². The lowest BCUT2D eigenvalue weighted by Crippen LogP contribution is -2.53. The molecule has 0 saturated heterocycles. The number of nitrogens with one attached hydrogen (secondary N) is 1. The molecule has 0 aromatic carbocycles. The second-order valence-corrected chi connectivity index (χ2v) is 23.5. The van der Waals surface area contributed by atoms with Gasteiger partial charge in [-0.25, -0.2) is 0 Å². The number of aliphatic hydroxyl groups excluding tert-OH is 4. The van der Waals surface area contributed by atoms with E-state index in [9.17, 15) is 25.2 Å². The van der Waals surface area contributed by atoms with Crippen molar-refractivity contribution in [3.05, 3.63) is 48.6 Å². The minimum Gasteiger partial charge on any atom is -0.394 e. The van der Waals surface area contributed by atoms with Crippen LogP contribution in [0.4, 0.5) is 0 Å². The number of hydrogen-bond acceptors (Lipinski definition) is 5. The second-order valence-electron chi connectivity index (χ2n) is 23.5. The molecule has 76 heavy (non-hydrogen) atoms. The molecule has 6 heteroatoms. The van der Waals surface area contributed by atoms with Crippen LogP contribution in [0.3, 0.4) is 0 Å². The summed E-state index contributed by atoms with van der Waals surface area (Å²) in [6.07, 6.45) is 83.7. The van der Waals surface area contributed by atoms with Crippen molar-refractivity contribution in [2.45, 2.75) is 385 Å². The molecule has 4 atom stereocenters. The number of aliphatic hydroxyl groups is 4. The van der Waals surface area contributed by atoms with Crippen molar-refractivity contribution in [2.24, 2.45) is 0 Å². The van der Waals surface area contributed by atoms with Crippen molar-refractivity contribution >= 4 is 5.91 Å². The molecule has 0 radical (unpaired) electrons. The lowest BCUT2D eigenvalue weighted by Gasteiger charge is -2.27. The number of unbranched alkanes of at least 4 members (excludes halogenated alkanes) is 46. The Morgan fingerprint density at radius 1 is 0.329 bits per heavy atom. The van der Waals surface area contributed by atoms with E-state index in [-0.39, 0.29) is 0 Å². The van der Waals surface area contributed by atoms with Gasteiger partial charge in [0.05, 0.1) is 18.8 Å². The van der Waals surface area contributed by atoms with Gasteiger partial charge in [0.2, 0.25) is 5.91 Å². The van der Waals surface area contributed by atoms with Crippen molar-refractivity contribution in [1.29, 1.82) is 0 Å². The summed E-state index contributed by atoms with van der Waals surface area (Å²) < 4.78 is 0. The largest absolute Gasteiger partial charge is 0.394 e. The number of carbonyl (C=O) groups is 1. The van der Waals surface area contributed by atoms with Gasteiger partial charge >= 0.3 is 0 Å². The van der Waals surface area contributed by atoms with E-state index in [2.05, 4.69) is 67.8 Å². The normalized spacial score (nSPS) is 13.8. The fourth-order valence-electron chi connectivity index (χ4n) is 10.7. The first kappa shape index (κ1) is 74.3. The zero-order chi connectivity index (χ0) is 55.1. The van der Waals surface area contributed by atoms with Crippen LogP contribution in [0.25, 0.3) is 0 Å². The van der Waals surface area contributed by atoms with Crippen molar-refractivity contribution in [3.8, 4) is 0 Å². The Kier molecular flexibility index (Phi) is 62.6. The van der Waals surface area contributed by atoms with E-state index >= 15 is 0 Å². The van der Waals surface area contributed by atoms with Crippen molar-refractivity contribution < 1.29 is 25.2 Å². The lowest BCUT2D eigenvalue weighted by molar-refractivity contribution is -0.132. The van der Waals surface area contributed by atoms with Gasteiger partial charge in [0.15, 0.2) is 0 Å². The van der Waals surface area contributed by atoms with Crippen molar-refractivity contribution in [1.82, 2.24) is 5.32 Å². The molecule has 0 aliphatic carbocycles. The van der Waals surface area contributed by atoms with Crippen LogP contribution in [-0.4, -0.2) is 57.3 Å². The van der Waals surface area contributed by atoms with Crippen molar-refractivity contribution in [2.75, 3.05) is 6.61 Å². The van der Waals surface area contributed by atoms with Crippen LogP contribution < -0.4 is 5.32 Å². The van der Waals surface area contributed by atoms with Crippen LogP contribution in [0.15, 0.2) is 48.6 Å². The second kappa shape index (κ2) is 64.1. The van der Waals surface area contributed by atoms with Crippen molar-refractivity contribution in [3.63, 3.8) is 0 Å². The highest BCUT2D eigenvalue weighted by Gasteiger charge is 2.28. The van der Waals surface area contributed by atoms with Crippen LogP contribution in [0.1, 0.15) is 361 Å². The van der Waals surface area contributed by atoms with Gasteiger partial charge in [-0.15, -0.1) is 0 Å². The van der Waals surface area contributed by atoms with E-state index < -0.39 is 36.9 Å². The minimum absolute atomic E-state index is 0.359. The first-order chi connectivity index (χ1) is 37.5. The Hall–Kier alpha value is -1.73. The molecule has 0 aromatic rings. The minimum atomic E-state index is -1.29. The van der Waals surface area contributed by atoms with Gasteiger partial charge in [-0.1, -0.05) is 326 Å². The van der Waals surface area contributed by atoms with Gasteiger partial charge in [-0.2, -0.15) is 0 Å². The fourth-order valence-corrected chi connectivity index (χ4v) is 10.7. The van der Waals surface area contributed by atoms with Gasteiger partial charge in [-0.3, -0.25) is 4.79 Å². The third kappa shape index (κ3) is 57.0. The quantitative estimate of drug-likeness (QED) is 0.0308. The predicted octanol–water partition coefficient (Wildman–Crippen LogP) is 20.9. The molecule has 0 heterocycles. The monoisotopic (exact) mass is 1070 g/mol. The predicted molar refractivity (Wildman–Crippen MR) is 334 cm³/mol. The maximum Gasteiger partial charge on any atom is 0.249 e. The lowest BCUT2D eigenvalue weighted by atomic mass is 10.00. The summed E-state index contributed by atoms with van der Waals surface area (Å²) in [5, 5.41) is 44.2. The Morgan fingerprint density at radius 3 is 0.908 bits per heavy atom. The molecular weight excluding hydrogens is 935 g/mol. The molecule has 4 unspecified atom stereocenters. The van der Waals surface area contributed by atoms with Gasteiger partial charge in [-0.05, 0) is 83.5 Å². The Balaban J connectivity index is 3.62. The zero-order valence-electron chi connectivity index (χ0n) is 51.0. The Bertz CT molecular complexity index is 1250. The molecule has 0 fully saturated rings. The molecule has 0 aliphatic rings. The highest BCUT2D eigenvalue weighted by molar-refractivity contribution is 5.80. The molecule has 1 amide bonds. The van der Waals surface area contributed by atoms with E-state index in [1.165, 1.54) is 283 Å². The standard InChI is InChI=1S/C70H133NO5/c1-3-5-7-9-11-13-15-17-19-21-23-25-27-29-31-33-35-37-39-41-43-45-47-49-51-53-55-57-59-61-63-67(73)69(75)66(65-72)71-70(76)68(74)64-62-60-58-56-54-52-50-48-46-44-42-40-38-36-34-32-30-28-26-24-22-20-18-16-14-12-10-8-6-4-2/h24,26,30,32,47,49,55,57,66-69,72-75H,3-23,25,27-29,31,33-46,48,50-54,56,58-65H2,1-2H3,(H,71,76)/b26-24-,32-30-,49-47+,57-55+. The number of allylic oxidation sites excluding steroid dienone is 8. The molecule has 6 nitrogen and oxygen atoms in total. The van der Waals surface area contributed by atoms with Crippen LogP contribution in [-0.2, 0) is 4.79 Å². The van der Waals surface area contributed by atoms with Gasteiger partial charge in [0, 0.05) is 0 Å². The molecule has 0 rings (SSSR count). The first-order valence-corrected chi connectivity index (χ1v) is 34.0. The highest BCUT2D eigenvalue weighted by Crippen LogP contribution is 2.18. The summed E-state index contributed by atoms with van der Waals surface area (Å²) in [4.78, 5) is 12.6. The van der Waals surface area contributed by atoms with E-state index in [0.717, 1.165) is 44.9 Å². The van der Waals surface area contributed by atoms with E-state index in [1.807, 2.05) is 0 Å². The smallest absolute Gasteiger partial charge is 0.249 e. The average Bonchev–Trinajstić information content (AvgIpc) is 3.42. The van der Waals surface area contributed by atoms with Crippen LogP contribution in [0, 0.1) is 0 Å². The molecule has 448 valence electrons. The molecule has 0 spiro atoms. The van der Waals surface area contributed by atoms with Crippen LogP contribution in [0.2, 0.25) is 0 Å².